The number of rotatable bonds is 7. The highest BCUT2D eigenvalue weighted by Gasteiger charge is 2.22. The van der Waals surface area contributed by atoms with E-state index in [4.69, 9.17) is 23.2 Å². The lowest BCUT2D eigenvalue weighted by molar-refractivity contribution is -0.384. The van der Waals surface area contributed by atoms with Crippen molar-refractivity contribution in [1.29, 1.82) is 0 Å². The second-order valence-electron chi connectivity index (χ2n) is 6.90. The summed E-state index contributed by atoms with van der Waals surface area (Å²) in [5, 5.41) is 16.3. The van der Waals surface area contributed by atoms with Crippen LogP contribution in [0.2, 0.25) is 10.0 Å². The third-order valence-corrected chi connectivity index (χ3v) is 6.38. The maximum Gasteiger partial charge on any atom is 0.295 e. The van der Waals surface area contributed by atoms with Crippen molar-refractivity contribution >= 4 is 56.5 Å². The van der Waals surface area contributed by atoms with Gasteiger partial charge in [-0.15, -0.1) is 0 Å². The van der Waals surface area contributed by atoms with Crippen LogP contribution < -0.4 is 10.1 Å². The number of nitrogens with one attached hydrogen (secondary N) is 2. The third-order valence-electron chi connectivity index (χ3n) is 4.45. The van der Waals surface area contributed by atoms with E-state index in [1.165, 1.54) is 24.4 Å². The normalized spacial score (nSPS) is 11.5. The zero-order chi connectivity index (χ0) is 23.5. The molecule has 0 aliphatic heterocycles. The van der Waals surface area contributed by atoms with Gasteiger partial charge in [0.1, 0.15) is 5.69 Å². The Labute approximate surface area is 195 Å². The molecule has 0 aromatic heterocycles. The van der Waals surface area contributed by atoms with Gasteiger partial charge in [0.2, 0.25) is 0 Å². The number of hydrazone groups is 1. The van der Waals surface area contributed by atoms with E-state index in [0.29, 0.717) is 21.3 Å². The monoisotopic (exact) mass is 492 g/mol. The number of nitrogens with zero attached hydrogens (tertiary/aromatic N) is 2. The van der Waals surface area contributed by atoms with E-state index < -0.39 is 20.6 Å². The molecule has 0 aliphatic rings. The Balaban J connectivity index is 1.86. The van der Waals surface area contributed by atoms with Gasteiger partial charge in [-0.05, 0) is 49.7 Å². The average molecular weight is 493 g/mol. The first kappa shape index (κ1) is 23.5. The van der Waals surface area contributed by atoms with E-state index in [1.54, 1.807) is 31.2 Å². The van der Waals surface area contributed by atoms with Gasteiger partial charge in [-0.25, -0.2) is 8.42 Å². The quantitative estimate of drug-likeness (QED) is 0.247. The second kappa shape index (κ2) is 9.56. The molecule has 0 saturated carbocycles. The van der Waals surface area contributed by atoms with Gasteiger partial charge in [-0.1, -0.05) is 47.0 Å². The van der Waals surface area contributed by atoms with Gasteiger partial charge in [-0.3, -0.25) is 20.3 Å². The highest BCUT2D eigenvalue weighted by molar-refractivity contribution is 7.92. The zero-order valence-electron chi connectivity index (χ0n) is 17.0. The molecule has 32 heavy (non-hydrogen) atoms. The number of anilines is 2. The lowest BCUT2D eigenvalue weighted by Gasteiger charge is -2.12. The summed E-state index contributed by atoms with van der Waals surface area (Å²) in [6, 6.07) is 13.5. The number of aryl methyl sites for hydroxylation is 2. The minimum Gasteiger partial charge on any atom is -0.279 e. The van der Waals surface area contributed by atoms with Crippen LogP contribution in [0.1, 0.15) is 16.7 Å². The van der Waals surface area contributed by atoms with E-state index in [2.05, 4.69) is 15.2 Å². The van der Waals surface area contributed by atoms with Crippen molar-refractivity contribution in [2.45, 2.75) is 18.7 Å². The fraction of sp³-hybridized carbons (Fsp3) is 0.0952. The van der Waals surface area contributed by atoms with Crippen molar-refractivity contribution in [3.63, 3.8) is 0 Å². The maximum atomic E-state index is 12.8. The van der Waals surface area contributed by atoms with Gasteiger partial charge in [0.25, 0.3) is 15.7 Å². The van der Waals surface area contributed by atoms with Gasteiger partial charge >= 0.3 is 0 Å². The van der Waals surface area contributed by atoms with Crippen LogP contribution >= 0.6 is 23.2 Å². The van der Waals surface area contributed by atoms with E-state index in [9.17, 15) is 18.5 Å². The summed E-state index contributed by atoms with van der Waals surface area (Å²) in [7, 11) is -4.05. The molecule has 0 amide bonds. The highest BCUT2D eigenvalue weighted by Crippen LogP contribution is 2.29. The molecular weight excluding hydrogens is 475 g/mol. The molecule has 0 unspecified atom stereocenters. The van der Waals surface area contributed by atoms with Gasteiger partial charge in [0, 0.05) is 16.7 Å². The molecule has 0 spiro atoms. The fourth-order valence-electron chi connectivity index (χ4n) is 2.83. The van der Waals surface area contributed by atoms with Crippen LogP contribution in [0.25, 0.3) is 0 Å². The number of benzene rings is 3. The van der Waals surface area contributed by atoms with Gasteiger partial charge in [0.05, 0.1) is 26.7 Å². The standard InChI is InChI=1S/C21H18Cl2N4O4S/c1-13-3-7-19(14(2)9-13)26-32(30,31)17-6-8-20(21(11-17)27(28)29)25-24-12-15-4-5-16(22)10-18(15)23/h3-12,25-26H,1-2H3/b24-12-. The van der Waals surface area contributed by atoms with E-state index >= 15 is 0 Å². The Hall–Kier alpha value is -3.14. The molecule has 3 aromatic rings. The van der Waals surface area contributed by atoms with E-state index in [-0.39, 0.29) is 10.6 Å². The molecule has 3 aromatic carbocycles. The SMILES string of the molecule is Cc1ccc(NS(=O)(=O)c2ccc(N/N=C\c3ccc(Cl)cc3Cl)c([N+](=O)[O-])c2)c(C)c1. The molecule has 8 nitrogen and oxygen atoms in total. The molecule has 0 bridgehead atoms. The summed E-state index contributed by atoms with van der Waals surface area (Å²) in [5.41, 5.74) is 4.77. The Morgan fingerprint density at radius 2 is 1.72 bits per heavy atom. The second-order valence-corrected chi connectivity index (χ2v) is 9.42. The van der Waals surface area contributed by atoms with Crippen LogP contribution in [-0.4, -0.2) is 19.6 Å². The van der Waals surface area contributed by atoms with Crippen molar-refractivity contribution in [1.82, 2.24) is 0 Å². The van der Waals surface area contributed by atoms with Crippen LogP contribution in [0.4, 0.5) is 17.1 Å². The van der Waals surface area contributed by atoms with Gasteiger partial charge in [0.15, 0.2) is 0 Å². The smallest absolute Gasteiger partial charge is 0.279 e. The molecule has 0 radical (unpaired) electrons. The summed E-state index contributed by atoms with van der Waals surface area (Å²) in [5.74, 6) is 0. The van der Waals surface area contributed by atoms with Crippen LogP contribution in [0.5, 0.6) is 0 Å². The molecule has 0 heterocycles. The maximum absolute atomic E-state index is 12.8. The number of hydrogen-bond donors (Lipinski definition) is 2. The molecule has 0 fully saturated rings. The van der Waals surface area contributed by atoms with Crippen molar-refractivity contribution in [3.05, 3.63) is 91.4 Å². The summed E-state index contributed by atoms with van der Waals surface area (Å²) < 4.78 is 28.0. The lowest BCUT2D eigenvalue weighted by Crippen LogP contribution is -2.14. The van der Waals surface area contributed by atoms with Crippen molar-refractivity contribution < 1.29 is 13.3 Å². The summed E-state index contributed by atoms with van der Waals surface area (Å²) in [4.78, 5) is 10.6. The van der Waals surface area contributed by atoms with Gasteiger partial charge < -0.3 is 0 Å². The van der Waals surface area contributed by atoms with Crippen molar-refractivity contribution in [2.75, 3.05) is 10.1 Å². The van der Waals surface area contributed by atoms with Crippen LogP contribution in [0, 0.1) is 24.0 Å². The molecule has 0 atom stereocenters. The summed E-state index contributed by atoms with van der Waals surface area (Å²) in [6.45, 7) is 3.66. The first-order valence-electron chi connectivity index (χ1n) is 9.19. The molecule has 2 N–H and O–H groups in total. The van der Waals surface area contributed by atoms with Gasteiger partial charge in [-0.2, -0.15) is 5.10 Å². The predicted molar refractivity (Wildman–Crippen MR) is 127 cm³/mol. The highest BCUT2D eigenvalue weighted by atomic mass is 35.5. The number of sulfonamides is 1. The molecule has 3 rings (SSSR count). The summed E-state index contributed by atoms with van der Waals surface area (Å²) >= 11 is 11.9. The first-order valence-corrected chi connectivity index (χ1v) is 11.4. The number of halogens is 2. The topological polar surface area (TPSA) is 114 Å². The minimum atomic E-state index is -4.05. The van der Waals surface area contributed by atoms with Crippen LogP contribution in [-0.2, 0) is 10.0 Å². The molecule has 0 aliphatic carbocycles. The minimum absolute atomic E-state index is 0.0156. The first-order chi connectivity index (χ1) is 15.1. The van der Waals surface area contributed by atoms with E-state index in [1.807, 2.05) is 13.0 Å². The molecular formula is C21H18Cl2N4O4S. The Morgan fingerprint density at radius 1 is 1.00 bits per heavy atom. The summed E-state index contributed by atoms with van der Waals surface area (Å²) in [6.07, 6.45) is 1.37. The zero-order valence-corrected chi connectivity index (χ0v) is 19.3. The Morgan fingerprint density at radius 3 is 2.38 bits per heavy atom. The van der Waals surface area contributed by atoms with E-state index in [0.717, 1.165) is 17.2 Å². The Kier molecular flexibility index (Phi) is 7.02. The third kappa shape index (κ3) is 5.56. The molecule has 166 valence electrons. The number of nitro groups is 1. The largest absolute Gasteiger partial charge is 0.295 e. The number of hydrogen-bond acceptors (Lipinski definition) is 6. The predicted octanol–water partition coefficient (Wildman–Crippen LogP) is 5.77. The van der Waals surface area contributed by atoms with Crippen LogP contribution in [0.3, 0.4) is 0 Å². The number of nitro benzene ring substituents is 1. The van der Waals surface area contributed by atoms with Crippen molar-refractivity contribution in [2.24, 2.45) is 5.10 Å². The average Bonchev–Trinajstić information content (AvgIpc) is 2.71. The fourth-order valence-corrected chi connectivity index (χ4v) is 4.44. The molecule has 0 saturated heterocycles. The molecule has 11 heteroatoms. The van der Waals surface area contributed by atoms with Crippen molar-refractivity contribution in [3.8, 4) is 0 Å². The van der Waals surface area contributed by atoms with Crippen LogP contribution in [0.15, 0.2) is 64.6 Å². The lowest BCUT2D eigenvalue weighted by atomic mass is 10.1. The Bertz CT molecular complexity index is 1330.